The van der Waals surface area contributed by atoms with E-state index in [9.17, 15) is 18.8 Å². The number of likely N-dealkylation sites (N-methyl/N-ethyl adjacent to an activating group) is 1. The van der Waals surface area contributed by atoms with E-state index in [1.807, 2.05) is 6.20 Å². The number of hydrogen-bond acceptors (Lipinski definition) is 4. The van der Waals surface area contributed by atoms with Gasteiger partial charge in [-0.05, 0) is 35.9 Å². The Bertz CT molecular complexity index is 1290. The fraction of sp³-hybridized carbons (Fsp3) is 0.217. The van der Waals surface area contributed by atoms with Gasteiger partial charge in [0.25, 0.3) is 11.8 Å². The summed E-state index contributed by atoms with van der Waals surface area (Å²) in [7, 11) is 3.31. The number of rotatable bonds is 3. The molecule has 0 spiro atoms. The minimum absolute atomic E-state index is 0.102. The van der Waals surface area contributed by atoms with E-state index in [-0.39, 0.29) is 30.3 Å². The molecule has 3 heterocycles. The van der Waals surface area contributed by atoms with Gasteiger partial charge in [-0.3, -0.25) is 24.0 Å². The van der Waals surface area contributed by atoms with E-state index in [4.69, 9.17) is 0 Å². The summed E-state index contributed by atoms with van der Waals surface area (Å²) in [5.74, 6) is -1.69. The highest BCUT2D eigenvalue weighted by Gasteiger charge is 2.59. The molecule has 0 aliphatic carbocycles. The molecule has 0 radical (unpaired) electrons. The van der Waals surface area contributed by atoms with Crippen LogP contribution in [0.4, 0.5) is 15.8 Å². The number of carbonyl (C=O) groups is 3. The fourth-order valence-electron chi connectivity index (χ4n) is 4.52. The lowest BCUT2D eigenvalue weighted by Gasteiger charge is -2.47. The summed E-state index contributed by atoms with van der Waals surface area (Å²) in [5.41, 5.74) is 1.02. The molecule has 1 N–H and O–H groups in total. The minimum Gasteiger partial charge on any atom is -0.322 e. The second-order valence-electron chi connectivity index (χ2n) is 8.01. The number of carbonyl (C=O) groups excluding carboxylic acids is 3. The number of anilines is 2. The van der Waals surface area contributed by atoms with Crippen molar-refractivity contribution in [3.05, 3.63) is 66.2 Å². The lowest BCUT2D eigenvalue weighted by atomic mass is 9.94. The standard InChI is InChI=1S/C23H20FN5O3/c1-27-13-15(12-25-27)14-6-7-18-19(10-14)29-20(30)8-9-23(29,28(2)21(18)31)22(32)26-17-5-3-4-16(24)11-17/h3-7,10-13H,8-9H2,1-2H3,(H,26,32). The van der Waals surface area contributed by atoms with Crippen molar-refractivity contribution in [2.24, 2.45) is 7.05 Å². The van der Waals surface area contributed by atoms with Gasteiger partial charge >= 0.3 is 0 Å². The van der Waals surface area contributed by atoms with Crippen LogP contribution in [0.15, 0.2) is 54.9 Å². The van der Waals surface area contributed by atoms with E-state index < -0.39 is 17.4 Å². The number of benzene rings is 2. The van der Waals surface area contributed by atoms with Gasteiger partial charge in [-0.15, -0.1) is 0 Å². The van der Waals surface area contributed by atoms with Crippen molar-refractivity contribution in [3.63, 3.8) is 0 Å². The molecule has 2 aromatic carbocycles. The van der Waals surface area contributed by atoms with Crippen LogP contribution >= 0.6 is 0 Å². The van der Waals surface area contributed by atoms with Crippen molar-refractivity contribution in [2.45, 2.75) is 18.5 Å². The molecule has 5 rings (SSSR count). The van der Waals surface area contributed by atoms with E-state index in [0.29, 0.717) is 11.3 Å². The summed E-state index contributed by atoms with van der Waals surface area (Å²) < 4.78 is 15.3. The first kappa shape index (κ1) is 19.9. The maximum Gasteiger partial charge on any atom is 0.271 e. The molecule has 2 aliphatic rings. The Morgan fingerprint density at radius 1 is 1.12 bits per heavy atom. The molecule has 2 aliphatic heterocycles. The zero-order valence-corrected chi connectivity index (χ0v) is 17.5. The Kier molecular flexibility index (Phi) is 4.37. The molecule has 0 bridgehead atoms. The van der Waals surface area contributed by atoms with Gasteiger partial charge < -0.3 is 10.2 Å². The molecule has 8 nitrogen and oxygen atoms in total. The average molecular weight is 433 g/mol. The predicted octanol–water partition coefficient (Wildman–Crippen LogP) is 2.77. The first-order valence-corrected chi connectivity index (χ1v) is 10.1. The Morgan fingerprint density at radius 2 is 1.94 bits per heavy atom. The van der Waals surface area contributed by atoms with E-state index in [1.165, 1.54) is 35.0 Å². The summed E-state index contributed by atoms with van der Waals surface area (Å²) >= 11 is 0. The van der Waals surface area contributed by atoms with Gasteiger partial charge in [-0.25, -0.2) is 4.39 Å². The van der Waals surface area contributed by atoms with Crippen LogP contribution < -0.4 is 10.2 Å². The highest BCUT2D eigenvalue weighted by Crippen LogP contribution is 2.45. The summed E-state index contributed by atoms with van der Waals surface area (Å²) in [5, 5.41) is 6.86. The first-order valence-electron chi connectivity index (χ1n) is 10.1. The monoisotopic (exact) mass is 433 g/mol. The van der Waals surface area contributed by atoms with Gasteiger partial charge in [0.2, 0.25) is 11.6 Å². The number of amides is 3. The van der Waals surface area contributed by atoms with Crippen LogP contribution in [0.25, 0.3) is 11.1 Å². The molecular formula is C23H20FN5O3. The number of halogens is 1. The lowest BCUT2D eigenvalue weighted by Crippen LogP contribution is -2.68. The van der Waals surface area contributed by atoms with Gasteiger partial charge in [0.05, 0.1) is 17.4 Å². The Labute approximate surface area is 183 Å². The fourth-order valence-corrected chi connectivity index (χ4v) is 4.52. The van der Waals surface area contributed by atoms with Crippen LogP contribution in [-0.2, 0) is 16.6 Å². The quantitative estimate of drug-likeness (QED) is 0.688. The minimum atomic E-state index is -1.54. The van der Waals surface area contributed by atoms with Gasteiger partial charge in [0.1, 0.15) is 5.82 Å². The van der Waals surface area contributed by atoms with E-state index >= 15 is 0 Å². The SMILES string of the molecule is CN1C(=O)c2ccc(-c3cnn(C)c3)cc2N2C(=O)CCC12C(=O)Nc1cccc(F)c1. The lowest BCUT2D eigenvalue weighted by molar-refractivity contribution is -0.128. The molecule has 3 amide bonds. The van der Waals surface area contributed by atoms with Crippen molar-refractivity contribution in [3.8, 4) is 11.1 Å². The molecule has 162 valence electrons. The molecule has 3 aromatic rings. The summed E-state index contributed by atoms with van der Waals surface area (Å²) in [4.78, 5) is 42.5. The van der Waals surface area contributed by atoms with Gasteiger partial charge in [0, 0.05) is 44.4 Å². The van der Waals surface area contributed by atoms with Crippen molar-refractivity contribution < 1.29 is 18.8 Å². The Morgan fingerprint density at radius 3 is 2.66 bits per heavy atom. The molecule has 1 fully saturated rings. The van der Waals surface area contributed by atoms with Crippen molar-refractivity contribution in [1.82, 2.24) is 14.7 Å². The molecule has 0 saturated carbocycles. The zero-order chi connectivity index (χ0) is 22.6. The Balaban J connectivity index is 1.62. The van der Waals surface area contributed by atoms with Crippen molar-refractivity contribution >= 4 is 29.1 Å². The van der Waals surface area contributed by atoms with Crippen LogP contribution in [0.3, 0.4) is 0 Å². The number of nitrogens with one attached hydrogen (secondary N) is 1. The predicted molar refractivity (Wildman–Crippen MR) is 115 cm³/mol. The maximum absolute atomic E-state index is 13.6. The van der Waals surface area contributed by atoms with Crippen LogP contribution in [0, 0.1) is 5.82 Å². The van der Waals surface area contributed by atoms with Gasteiger partial charge in [0.15, 0.2) is 0 Å². The Hall–Kier alpha value is -4.01. The number of aromatic nitrogens is 2. The third-order valence-corrected chi connectivity index (χ3v) is 6.12. The second-order valence-corrected chi connectivity index (χ2v) is 8.01. The van der Waals surface area contributed by atoms with Crippen LogP contribution in [-0.4, -0.2) is 45.1 Å². The molecule has 1 atom stereocenters. The number of hydrogen-bond donors (Lipinski definition) is 1. The van der Waals surface area contributed by atoms with Gasteiger partial charge in [-0.1, -0.05) is 12.1 Å². The van der Waals surface area contributed by atoms with Gasteiger partial charge in [-0.2, -0.15) is 5.10 Å². The largest absolute Gasteiger partial charge is 0.322 e. The molecular weight excluding hydrogens is 413 g/mol. The first-order chi connectivity index (χ1) is 15.3. The average Bonchev–Trinajstić information content (AvgIpc) is 3.36. The highest BCUT2D eigenvalue weighted by atomic mass is 19.1. The van der Waals surface area contributed by atoms with Crippen LogP contribution in [0.1, 0.15) is 23.2 Å². The van der Waals surface area contributed by atoms with Crippen molar-refractivity contribution in [1.29, 1.82) is 0 Å². The van der Waals surface area contributed by atoms with Crippen LogP contribution in [0.2, 0.25) is 0 Å². The van der Waals surface area contributed by atoms with E-state index in [2.05, 4.69) is 10.4 Å². The smallest absolute Gasteiger partial charge is 0.271 e. The number of fused-ring (bicyclic) bond motifs is 3. The molecule has 1 saturated heterocycles. The van der Waals surface area contributed by atoms with E-state index in [0.717, 1.165) is 11.1 Å². The summed E-state index contributed by atoms with van der Waals surface area (Å²) in [6, 6.07) is 10.7. The highest BCUT2D eigenvalue weighted by molar-refractivity contribution is 6.18. The normalized spacial score (nSPS) is 19.7. The zero-order valence-electron chi connectivity index (χ0n) is 17.5. The molecule has 1 aromatic heterocycles. The summed E-state index contributed by atoms with van der Waals surface area (Å²) in [6.45, 7) is 0. The third kappa shape index (κ3) is 2.81. The summed E-state index contributed by atoms with van der Waals surface area (Å²) in [6.07, 6.45) is 3.75. The third-order valence-electron chi connectivity index (χ3n) is 6.12. The second kappa shape index (κ2) is 7.01. The topological polar surface area (TPSA) is 87.5 Å². The van der Waals surface area contributed by atoms with Crippen LogP contribution in [0.5, 0.6) is 0 Å². The maximum atomic E-state index is 13.6. The van der Waals surface area contributed by atoms with E-state index in [1.54, 1.807) is 42.2 Å². The molecule has 9 heteroatoms. The number of nitrogens with zero attached hydrogens (tertiary/aromatic N) is 4. The molecule has 32 heavy (non-hydrogen) atoms. The molecule has 1 unspecified atom stereocenters. The number of aryl methyl sites for hydroxylation is 1. The van der Waals surface area contributed by atoms with Crippen molar-refractivity contribution in [2.75, 3.05) is 17.3 Å².